The molecule has 1 aromatic rings. The number of aryl methyl sites for hydroxylation is 1. The molecule has 0 radical (unpaired) electrons. The molecule has 0 aliphatic rings. The van der Waals surface area contributed by atoms with Gasteiger partial charge in [0.1, 0.15) is 6.10 Å². The highest BCUT2D eigenvalue weighted by atomic mass is 16.4. The van der Waals surface area contributed by atoms with Crippen LogP contribution in [-0.4, -0.2) is 33.9 Å². The van der Waals surface area contributed by atoms with Crippen LogP contribution >= 0.6 is 0 Å². The molecule has 102 valence electrons. The Hall–Kier alpha value is -2.08. The molecule has 3 N–H and O–H groups in total. The third-order valence-electron chi connectivity index (χ3n) is 2.77. The molecule has 0 fully saturated rings. The standard InChI is InChI=1S/C12H15N3O4/c1-7-6-8(2-3-9(7)12(18)19)11(17)10(16)4-5-14-15-13/h2-3,6,10-11,16-17H,4-5H2,1H3,(H,18,19). The lowest BCUT2D eigenvalue weighted by molar-refractivity contribution is 0.0150. The van der Waals surface area contributed by atoms with E-state index in [4.69, 9.17) is 10.6 Å². The molecular weight excluding hydrogens is 250 g/mol. The third-order valence-corrected chi connectivity index (χ3v) is 2.77. The Morgan fingerprint density at radius 3 is 2.68 bits per heavy atom. The maximum Gasteiger partial charge on any atom is 0.335 e. The maximum atomic E-state index is 10.9. The number of aliphatic hydroxyl groups is 2. The predicted molar refractivity (Wildman–Crippen MR) is 67.7 cm³/mol. The van der Waals surface area contributed by atoms with Crippen molar-refractivity contribution in [2.45, 2.75) is 25.6 Å². The lowest BCUT2D eigenvalue weighted by Crippen LogP contribution is -2.19. The fourth-order valence-electron chi connectivity index (χ4n) is 1.73. The molecule has 0 aromatic heterocycles. The van der Waals surface area contributed by atoms with E-state index in [1.165, 1.54) is 18.2 Å². The first-order chi connectivity index (χ1) is 8.97. The highest BCUT2D eigenvalue weighted by Crippen LogP contribution is 2.22. The van der Waals surface area contributed by atoms with Crippen molar-refractivity contribution < 1.29 is 20.1 Å². The lowest BCUT2D eigenvalue weighted by Gasteiger charge is -2.18. The molecule has 2 atom stereocenters. The Morgan fingerprint density at radius 2 is 2.16 bits per heavy atom. The number of aromatic carboxylic acids is 1. The molecule has 0 aliphatic carbocycles. The quantitative estimate of drug-likeness (QED) is 0.411. The molecule has 1 rings (SSSR count). The van der Waals surface area contributed by atoms with Crippen molar-refractivity contribution in [3.05, 3.63) is 45.3 Å². The zero-order chi connectivity index (χ0) is 14.4. The van der Waals surface area contributed by atoms with E-state index in [1.54, 1.807) is 6.92 Å². The molecule has 7 nitrogen and oxygen atoms in total. The van der Waals surface area contributed by atoms with Crippen LogP contribution in [0.5, 0.6) is 0 Å². The number of nitrogens with zero attached hydrogens (tertiary/aromatic N) is 3. The molecule has 0 aliphatic heterocycles. The van der Waals surface area contributed by atoms with Crippen molar-refractivity contribution in [3.63, 3.8) is 0 Å². The van der Waals surface area contributed by atoms with E-state index >= 15 is 0 Å². The molecule has 0 amide bonds. The normalized spacial score (nSPS) is 13.4. The zero-order valence-electron chi connectivity index (χ0n) is 10.4. The first-order valence-corrected chi connectivity index (χ1v) is 5.68. The van der Waals surface area contributed by atoms with Gasteiger partial charge in [-0.25, -0.2) is 4.79 Å². The largest absolute Gasteiger partial charge is 0.478 e. The summed E-state index contributed by atoms with van der Waals surface area (Å²) < 4.78 is 0. The van der Waals surface area contributed by atoms with Gasteiger partial charge in [0.05, 0.1) is 11.7 Å². The fourth-order valence-corrected chi connectivity index (χ4v) is 1.73. The van der Waals surface area contributed by atoms with Gasteiger partial charge in [-0.15, -0.1) is 0 Å². The second kappa shape index (κ2) is 6.75. The summed E-state index contributed by atoms with van der Waals surface area (Å²) in [6.45, 7) is 1.70. The average molecular weight is 265 g/mol. The van der Waals surface area contributed by atoms with Gasteiger partial charge in [-0.3, -0.25) is 0 Å². The van der Waals surface area contributed by atoms with Gasteiger partial charge in [-0.2, -0.15) is 0 Å². The number of azide groups is 1. The molecule has 0 saturated heterocycles. The van der Waals surface area contributed by atoms with Gasteiger partial charge in [0.2, 0.25) is 0 Å². The van der Waals surface area contributed by atoms with E-state index in [0.717, 1.165) is 0 Å². The maximum absolute atomic E-state index is 10.9. The summed E-state index contributed by atoms with van der Waals surface area (Å²) in [5.41, 5.74) is 9.20. The number of benzene rings is 1. The summed E-state index contributed by atoms with van der Waals surface area (Å²) in [7, 11) is 0. The van der Waals surface area contributed by atoms with Crippen LogP contribution in [0.2, 0.25) is 0 Å². The number of hydrogen-bond acceptors (Lipinski definition) is 4. The summed E-state index contributed by atoms with van der Waals surface area (Å²) in [5, 5.41) is 31.8. The summed E-state index contributed by atoms with van der Waals surface area (Å²) in [5.74, 6) is -1.04. The Kier molecular flexibility index (Phi) is 5.32. The Morgan fingerprint density at radius 1 is 1.47 bits per heavy atom. The third kappa shape index (κ3) is 3.96. The summed E-state index contributed by atoms with van der Waals surface area (Å²) in [6, 6.07) is 4.36. The van der Waals surface area contributed by atoms with Crippen molar-refractivity contribution in [2.24, 2.45) is 5.11 Å². The molecule has 2 unspecified atom stereocenters. The van der Waals surface area contributed by atoms with Crippen molar-refractivity contribution in [2.75, 3.05) is 6.54 Å². The van der Waals surface area contributed by atoms with Crippen molar-refractivity contribution in [1.82, 2.24) is 0 Å². The van der Waals surface area contributed by atoms with Gasteiger partial charge < -0.3 is 15.3 Å². The monoisotopic (exact) mass is 265 g/mol. The summed E-state index contributed by atoms with van der Waals surface area (Å²) >= 11 is 0. The number of aliphatic hydroxyl groups excluding tert-OH is 2. The van der Waals surface area contributed by atoms with Crippen LogP contribution in [0.15, 0.2) is 23.3 Å². The van der Waals surface area contributed by atoms with Gasteiger partial charge in [0, 0.05) is 11.5 Å². The number of carbonyl (C=O) groups is 1. The topological polar surface area (TPSA) is 127 Å². The van der Waals surface area contributed by atoms with E-state index in [2.05, 4.69) is 10.0 Å². The minimum atomic E-state index is -1.14. The lowest BCUT2D eigenvalue weighted by atomic mass is 9.98. The average Bonchev–Trinajstić information content (AvgIpc) is 2.37. The molecule has 0 spiro atoms. The minimum Gasteiger partial charge on any atom is -0.478 e. The van der Waals surface area contributed by atoms with Gasteiger partial charge >= 0.3 is 5.97 Å². The van der Waals surface area contributed by atoms with Crippen molar-refractivity contribution in [1.29, 1.82) is 0 Å². The Balaban J connectivity index is 2.82. The van der Waals surface area contributed by atoms with E-state index in [1.807, 2.05) is 0 Å². The molecular formula is C12H15N3O4. The molecule has 19 heavy (non-hydrogen) atoms. The van der Waals surface area contributed by atoms with Gasteiger partial charge in [0.25, 0.3) is 0 Å². The minimum absolute atomic E-state index is 0.0842. The van der Waals surface area contributed by atoms with Crippen LogP contribution in [0.4, 0.5) is 0 Å². The van der Waals surface area contributed by atoms with E-state index < -0.39 is 18.2 Å². The molecule has 7 heteroatoms. The van der Waals surface area contributed by atoms with Crippen LogP contribution in [0.3, 0.4) is 0 Å². The molecule has 1 aromatic carbocycles. The number of carboxylic acids is 1. The van der Waals surface area contributed by atoms with Crippen molar-refractivity contribution >= 4 is 5.97 Å². The van der Waals surface area contributed by atoms with Crippen LogP contribution in [0.1, 0.15) is 34.0 Å². The van der Waals surface area contributed by atoms with E-state index in [-0.39, 0.29) is 18.5 Å². The van der Waals surface area contributed by atoms with Gasteiger partial charge in [0.15, 0.2) is 0 Å². The van der Waals surface area contributed by atoms with E-state index in [9.17, 15) is 15.0 Å². The zero-order valence-corrected chi connectivity index (χ0v) is 10.4. The van der Waals surface area contributed by atoms with Gasteiger partial charge in [-0.1, -0.05) is 17.2 Å². The Bertz CT molecular complexity index is 512. The summed E-state index contributed by atoms with van der Waals surface area (Å²) in [4.78, 5) is 13.4. The highest BCUT2D eigenvalue weighted by Gasteiger charge is 2.19. The first-order valence-electron chi connectivity index (χ1n) is 5.68. The van der Waals surface area contributed by atoms with E-state index in [0.29, 0.717) is 11.1 Å². The number of hydrogen-bond donors (Lipinski definition) is 3. The highest BCUT2D eigenvalue weighted by molar-refractivity contribution is 5.89. The molecule has 0 heterocycles. The molecule has 0 bridgehead atoms. The van der Waals surface area contributed by atoms with Crippen LogP contribution < -0.4 is 0 Å². The SMILES string of the molecule is Cc1cc(C(O)C(O)CCN=[N+]=[N-])ccc1C(=O)O. The Labute approximate surface area is 109 Å². The summed E-state index contributed by atoms with van der Waals surface area (Å²) in [6.07, 6.45) is -2.08. The van der Waals surface area contributed by atoms with Crippen LogP contribution in [0.25, 0.3) is 10.4 Å². The number of carboxylic acid groups (broad SMARTS) is 1. The van der Waals surface area contributed by atoms with Crippen molar-refractivity contribution in [3.8, 4) is 0 Å². The fraction of sp³-hybridized carbons (Fsp3) is 0.417. The van der Waals surface area contributed by atoms with Crippen LogP contribution in [-0.2, 0) is 0 Å². The molecule has 0 saturated carbocycles. The predicted octanol–water partition coefficient (Wildman–Crippen LogP) is 1.79. The van der Waals surface area contributed by atoms with Crippen LogP contribution in [0, 0.1) is 6.92 Å². The second-order valence-corrected chi connectivity index (χ2v) is 4.13. The first kappa shape index (κ1) is 15.0. The van der Waals surface area contributed by atoms with Gasteiger partial charge in [-0.05, 0) is 36.1 Å². The smallest absolute Gasteiger partial charge is 0.335 e. The second-order valence-electron chi connectivity index (χ2n) is 4.13. The number of rotatable bonds is 6.